The van der Waals surface area contributed by atoms with Crippen LogP contribution in [0.2, 0.25) is 0 Å². The van der Waals surface area contributed by atoms with Crippen molar-refractivity contribution in [1.29, 1.82) is 0 Å². The zero-order valence-electron chi connectivity index (χ0n) is 11.5. The standard InChI is InChI=1S/C12H22N4O2/c1-5-18-7-6-11(17)14-10(4)12-15-13-8-16(12)9(2)3/h8-10H,5-7H2,1-4H3,(H,14,17). The van der Waals surface area contributed by atoms with Gasteiger partial charge < -0.3 is 14.6 Å². The fourth-order valence-corrected chi connectivity index (χ4v) is 1.65. The molecule has 0 radical (unpaired) electrons. The van der Waals surface area contributed by atoms with Gasteiger partial charge in [-0.1, -0.05) is 0 Å². The highest BCUT2D eigenvalue weighted by atomic mass is 16.5. The number of rotatable bonds is 7. The number of nitrogens with zero attached hydrogens (tertiary/aromatic N) is 3. The average Bonchev–Trinajstić information content (AvgIpc) is 2.78. The summed E-state index contributed by atoms with van der Waals surface area (Å²) in [5.74, 6) is 0.740. The van der Waals surface area contributed by atoms with Crippen molar-refractivity contribution in [2.45, 2.75) is 46.2 Å². The third-order valence-corrected chi connectivity index (χ3v) is 2.60. The predicted octanol–water partition coefficient (Wildman–Crippen LogP) is 1.46. The number of carbonyl (C=O) groups is 1. The zero-order valence-corrected chi connectivity index (χ0v) is 11.5. The fourth-order valence-electron chi connectivity index (χ4n) is 1.65. The summed E-state index contributed by atoms with van der Waals surface area (Å²) in [6.45, 7) is 9.00. The highest BCUT2D eigenvalue weighted by Crippen LogP contribution is 2.14. The minimum Gasteiger partial charge on any atom is -0.381 e. The molecule has 18 heavy (non-hydrogen) atoms. The van der Waals surface area contributed by atoms with Crippen LogP contribution in [0.1, 0.15) is 52.0 Å². The number of hydrogen-bond acceptors (Lipinski definition) is 4. The second-order valence-electron chi connectivity index (χ2n) is 4.43. The number of ether oxygens (including phenoxy) is 1. The predicted molar refractivity (Wildman–Crippen MR) is 68.1 cm³/mol. The van der Waals surface area contributed by atoms with Crippen molar-refractivity contribution in [2.75, 3.05) is 13.2 Å². The van der Waals surface area contributed by atoms with Crippen LogP contribution in [0.3, 0.4) is 0 Å². The van der Waals surface area contributed by atoms with E-state index in [2.05, 4.69) is 29.4 Å². The van der Waals surface area contributed by atoms with Crippen LogP contribution in [0.4, 0.5) is 0 Å². The molecule has 0 spiro atoms. The number of carbonyl (C=O) groups excluding carboxylic acids is 1. The fraction of sp³-hybridized carbons (Fsp3) is 0.750. The van der Waals surface area contributed by atoms with E-state index < -0.39 is 0 Å². The van der Waals surface area contributed by atoms with Crippen molar-refractivity contribution in [1.82, 2.24) is 20.1 Å². The SMILES string of the molecule is CCOCCC(=O)NC(C)c1nncn1C(C)C. The van der Waals surface area contributed by atoms with Gasteiger partial charge in [0, 0.05) is 19.1 Å². The molecule has 0 aliphatic heterocycles. The van der Waals surface area contributed by atoms with Crippen LogP contribution in [0.25, 0.3) is 0 Å². The van der Waals surface area contributed by atoms with Gasteiger partial charge >= 0.3 is 0 Å². The Morgan fingerprint density at radius 3 is 2.83 bits per heavy atom. The Balaban J connectivity index is 2.51. The first kappa shape index (κ1) is 14.6. The lowest BCUT2D eigenvalue weighted by atomic mass is 10.2. The van der Waals surface area contributed by atoms with Gasteiger partial charge in [-0.3, -0.25) is 4.79 Å². The molecular weight excluding hydrogens is 232 g/mol. The molecule has 1 unspecified atom stereocenters. The van der Waals surface area contributed by atoms with Crippen LogP contribution in [-0.4, -0.2) is 33.9 Å². The molecular formula is C12H22N4O2. The molecule has 0 bridgehead atoms. The van der Waals surface area contributed by atoms with Crippen LogP contribution in [0.15, 0.2) is 6.33 Å². The molecule has 1 rings (SSSR count). The van der Waals surface area contributed by atoms with Crippen LogP contribution < -0.4 is 5.32 Å². The van der Waals surface area contributed by atoms with Gasteiger partial charge in [-0.05, 0) is 27.7 Å². The Labute approximate surface area is 108 Å². The number of hydrogen-bond donors (Lipinski definition) is 1. The van der Waals surface area contributed by atoms with Crippen LogP contribution >= 0.6 is 0 Å². The van der Waals surface area contributed by atoms with E-state index in [0.29, 0.717) is 19.6 Å². The summed E-state index contributed by atoms with van der Waals surface area (Å²) in [6.07, 6.45) is 2.05. The third-order valence-electron chi connectivity index (χ3n) is 2.60. The molecule has 0 saturated carbocycles. The molecule has 1 atom stereocenters. The minimum atomic E-state index is -0.149. The van der Waals surface area contributed by atoms with Gasteiger partial charge in [0.05, 0.1) is 12.6 Å². The second kappa shape index (κ2) is 7.10. The molecule has 0 saturated heterocycles. The van der Waals surface area contributed by atoms with E-state index in [1.165, 1.54) is 0 Å². The smallest absolute Gasteiger partial charge is 0.222 e. The molecule has 1 N–H and O–H groups in total. The van der Waals surface area contributed by atoms with Gasteiger partial charge in [0.15, 0.2) is 5.82 Å². The zero-order chi connectivity index (χ0) is 13.5. The van der Waals surface area contributed by atoms with E-state index in [0.717, 1.165) is 5.82 Å². The maximum absolute atomic E-state index is 11.7. The van der Waals surface area contributed by atoms with Crippen molar-refractivity contribution in [3.8, 4) is 0 Å². The molecule has 0 aliphatic carbocycles. The van der Waals surface area contributed by atoms with Crippen LogP contribution in [0.5, 0.6) is 0 Å². The van der Waals surface area contributed by atoms with Gasteiger partial charge in [-0.15, -0.1) is 10.2 Å². The monoisotopic (exact) mass is 254 g/mol. The lowest BCUT2D eigenvalue weighted by Gasteiger charge is -2.16. The molecule has 0 aliphatic rings. The summed E-state index contributed by atoms with van der Waals surface area (Å²) < 4.78 is 7.10. The normalized spacial score (nSPS) is 12.7. The Morgan fingerprint density at radius 1 is 1.50 bits per heavy atom. The van der Waals surface area contributed by atoms with E-state index >= 15 is 0 Å². The van der Waals surface area contributed by atoms with Gasteiger partial charge in [0.2, 0.25) is 5.91 Å². The number of nitrogens with one attached hydrogen (secondary N) is 1. The Kier molecular flexibility index (Phi) is 5.77. The van der Waals surface area contributed by atoms with Gasteiger partial charge in [-0.25, -0.2) is 0 Å². The van der Waals surface area contributed by atoms with Crippen LogP contribution in [0, 0.1) is 0 Å². The van der Waals surface area contributed by atoms with E-state index in [1.54, 1.807) is 6.33 Å². The molecule has 1 heterocycles. The highest BCUT2D eigenvalue weighted by Gasteiger charge is 2.16. The minimum absolute atomic E-state index is 0.0331. The Morgan fingerprint density at radius 2 is 2.22 bits per heavy atom. The summed E-state index contributed by atoms with van der Waals surface area (Å²) in [7, 11) is 0. The number of aromatic nitrogens is 3. The van der Waals surface area contributed by atoms with Crippen molar-refractivity contribution in [3.63, 3.8) is 0 Å². The summed E-state index contributed by atoms with van der Waals surface area (Å²) in [5.41, 5.74) is 0. The highest BCUT2D eigenvalue weighted by molar-refractivity contribution is 5.76. The summed E-state index contributed by atoms with van der Waals surface area (Å²) in [5, 5.41) is 10.8. The molecule has 102 valence electrons. The van der Waals surface area contributed by atoms with Crippen molar-refractivity contribution >= 4 is 5.91 Å². The summed E-state index contributed by atoms with van der Waals surface area (Å²) in [4.78, 5) is 11.7. The first-order valence-corrected chi connectivity index (χ1v) is 6.32. The van der Waals surface area contributed by atoms with E-state index in [9.17, 15) is 4.79 Å². The van der Waals surface area contributed by atoms with E-state index in [4.69, 9.17) is 4.74 Å². The molecule has 1 aromatic rings. The topological polar surface area (TPSA) is 69.0 Å². The average molecular weight is 254 g/mol. The van der Waals surface area contributed by atoms with Crippen molar-refractivity contribution in [2.24, 2.45) is 0 Å². The van der Waals surface area contributed by atoms with E-state index in [-0.39, 0.29) is 18.0 Å². The quantitative estimate of drug-likeness (QED) is 0.748. The maximum Gasteiger partial charge on any atom is 0.222 e. The second-order valence-corrected chi connectivity index (χ2v) is 4.43. The molecule has 6 heteroatoms. The van der Waals surface area contributed by atoms with E-state index in [1.807, 2.05) is 18.4 Å². The van der Waals surface area contributed by atoms with Gasteiger partial charge in [-0.2, -0.15) is 0 Å². The first-order chi connectivity index (χ1) is 8.56. The third kappa shape index (κ3) is 4.10. The van der Waals surface area contributed by atoms with Gasteiger partial charge in [0.25, 0.3) is 0 Å². The summed E-state index contributed by atoms with van der Waals surface area (Å²) in [6, 6.07) is 0.127. The molecule has 1 aromatic heterocycles. The molecule has 0 fully saturated rings. The van der Waals surface area contributed by atoms with Crippen molar-refractivity contribution < 1.29 is 9.53 Å². The maximum atomic E-state index is 11.7. The van der Waals surface area contributed by atoms with Crippen molar-refractivity contribution in [3.05, 3.63) is 12.2 Å². The lowest BCUT2D eigenvalue weighted by Crippen LogP contribution is -2.29. The first-order valence-electron chi connectivity index (χ1n) is 6.32. The summed E-state index contributed by atoms with van der Waals surface area (Å²) >= 11 is 0. The Bertz CT molecular complexity index is 376. The van der Waals surface area contributed by atoms with Gasteiger partial charge in [0.1, 0.15) is 6.33 Å². The molecule has 1 amide bonds. The lowest BCUT2D eigenvalue weighted by molar-refractivity contribution is -0.122. The van der Waals surface area contributed by atoms with Crippen LogP contribution in [-0.2, 0) is 9.53 Å². The number of amides is 1. The Hall–Kier alpha value is -1.43. The molecule has 0 aromatic carbocycles. The largest absolute Gasteiger partial charge is 0.381 e. The molecule has 6 nitrogen and oxygen atoms in total.